The molecule has 4 rings (SSSR count). The van der Waals surface area contributed by atoms with Crippen molar-refractivity contribution in [2.45, 2.75) is 0 Å². The molecule has 0 fully saturated rings. The zero-order chi connectivity index (χ0) is 21.8. The van der Waals surface area contributed by atoms with Crippen LogP contribution in [0.5, 0.6) is 11.5 Å². The molecule has 0 bridgehead atoms. The average Bonchev–Trinajstić information content (AvgIpc) is 2.79. The van der Waals surface area contributed by atoms with E-state index < -0.39 is 11.3 Å². The summed E-state index contributed by atoms with van der Waals surface area (Å²) in [7, 11) is 1.56. The fraction of sp³-hybridized carbons (Fsp3) is 0.0833. The standard InChI is InChI=1S/C24H18ClNO5/c1-29-18-10-7-15(8-11-18)23-24(22(28)19-13-16(25)9-12-20(19)31-23)30-14-21(27)26-17-5-3-2-4-6-17/h2-13H,14H2,1H3,(H,26,27). The van der Waals surface area contributed by atoms with Gasteiger partial charge in [-0.15, -0.1) is 0 Å². The summed E-state index contributed by atoms with van der Waals surface area (Å²) >= 11 is 6.05. The molecule has 0 aliphatic rings. The third-order valence-corrected chi connectivity index (χ3v) is 4.80. The summed E-state index contributed by atoms with van der Waals surface area (Å²) in [5.41, 5.74) is 1.18. The molecule has 0 unspecified atom stereocenters. The van der Waals surface area contributed by atoms with Gasteiger partial charge in [-0.1, -0.05) is 29.8 Å². The highest BCUT2D eigenvalue weighted by atomic mass is 35.5. The van der Waals surface area contributed by atoms with Gasteiger partial charge >= 0.3 is 0 Å². The van der Waals surface area contributed by atoms with Gasteiger partial charge in [-0.25, -0.2) is 0 Å². The number of hydrogen-bond acceptors (Lipinski definition) is 5. The molecule has 0 saturated heterocycles. The van der Waals surface area contributed by atoms with E-state index in [2.05, 4.69) is 5.32 Å². The molecule has 3 aromatic carbocycles. The molecule has 0 saturated carbocycles. The van der Waals surface area contributed by atoms with Crippen LogP contribution in [0, 0.1) is 0 Å². The van der Waals surface area contributed by atoms with E-state index in [9.17, 15) is 9.59 Å². The van der Waals surface area contributed by atoms with Crippen LogP contribution in [0.25, 0.3) is 22.3 Å². The number of hydrogen-bond donors (Lipinski definition) is 1. The molecule has 7 heteroatoms. The quantitative estimate of drug-likeness (QED) is 0.453. The fourth-order valence-electron chi connectivity index (χ4n) is 3.07. The Kier molecular flexibility index (Phi) is 5.91. The van der Waals surface area contributed by atoms with Crippen LogP contribution in [0.2, 0.25) is 5.02 Å². The predicted octanol–water partition coefficient (Wildman–Crippen LogP) is 5.14. The topological polar surface area (TPSA) is 77.8 Å². The number of carbonyl (C=O) groups is 1. The summed E-state index contributed by atoms with van der Waals surface area (Å²) < 4.78 is 16.8. The molecule has 0 aliphatic carbocycles. The van der Waals surface area contributed by atoms with Crippen molar-refractivity contribution in [3.8, 4) is 22.8 Å². The van der Waals surface area contributed by atoms with Crippen LogP contribution in [0.1, 0.15) is 0 Å². The number of methoxy groups -OCH3 is 1. The first kappa shape index (κ1) is 20.5. The lowest BCUT2D eigenvalue weighted by Gasteiger charge is -2.12. The van der Waals surface area contributed by atoms with Crippen LogP contribution in [-0.2, 0) is 4.79 Å². The smallest absolute Gasteiger partial charge is 0.262 e. The summed E-state index contributed by atoms with van der Waals surface area (Å²) in [6, 6.07) is 20.7. The SMILES string of the molecule is COc1ccc(-c2oc3ccc(Cl)cc3c(=O)c2OCC(=O)Nc2ccccc2)cc1. The van der Waals surface area contributed by atoms with Crippen molar-refractivity contribution >= 4 is 34.2 Å². The number of fused-ring (bicyclic) bond motifs is 1. The number of anilines is 1. The number of carbonyl (C=O) groups excluding carboxylic acids is 1. The second-order valence-corrected chi connectivity index (χ2v) is 7.10. The highest BCUT2D eigenvalue weighted by Crippen LogP contribution is 2.32. The molecule has 0 atom stereocenters. The van der Waals surface area contributed by atoms with Gasteiger partial charge in [0.2, 0.25) is 11.2 Å². The van der Waals surface area contributed by atoms with E-state index in [1.807, 2.05) is 6.07 Å². The normalized spacial score (nSPS) is 10.6. The molecular formula is C24H18ClNO5. The van der Waals surface area contributed by atoms with E-state index in [1.54, 1.807) is 67.8 Å². The number of halogens is 1. The minimum absolute atomic E-state index is 0.0665. The van der Waals surface area contributed by atoms with Crippen LogP contribution in [-0.4, -0.2) is 19.6 Å². The van der Waals surface area contributed by atoms with E-state index in [4.69, 9.17) is 25.5 Å². The number of benzene rings is 3. The zero-order valence-corrected chi connectivity index (χ0v) is 17.3. The Bertz CT molecular complexity index is 1280. The van der Waals surface area contributed by atoms with Crippen LogP contribution in [0.3, 0.4) is 0 Å². The Hall–Kier alpha value is -3.77. The summed E-state index contributed by atoms with van der Waals surface area (Å²) in [6.07, 6.45) is 0. The maximum absolute atomic E-state index is 13.2. The molecule has 4 aromatic rings. The Morgan fingerprint density at radius 3 is 2.48 bits per heavy atom. The first-order chi connectivity index (χ1) is 15.0. The molecule has 1 heterocycles. The maximum atomic E-state index is 13.2. The molecular weight excluding hydrogens is 418 g/mol. The average molecular weight is 436 g/mol. The molecule has 1 aromatic heterocycles. The highest BCUT2D eigenvalue weighted by Gasteiger charge is 2.19. The Morgan fingerprint density at radius 2 is 1.77 bits per heavy atom. The molecule has 1 N–H and O–H groups in total. The summed E-state index contributed by atoms with van der Waals surface area (Å²) in [4.78, 5) is 25.5. The third-order valence-electron chi connectivity index (χ3n) is 4.57. The Morgan fingerprint density at radius 1 is 1.03 bits per heavy atom. The second-order valence-electron chi connectivity index (χ2n) is 6.66. The van der Waals surface area contributed by atoms with Crippen LogP contribution < -0.4 is 20.2 Å². The van der Waals surface area contributed by atoms with Crippen molar-refractivity contribution in [3.63, 3.8) is 0 Å². The number of amides is 1. The summed E-state index contributed by atoms with van der Waals surface area (Å²) in [5, 5.41) is 3.38. The number of rotatable bonds is 6. The zero-order valence-electron chi connectivity index (χ0n) is 16.6. The van der Waals surface area contributed by atoms with E-state index in [1.165, 1.54) is 6.07 Å². The van der Waals surface area contributed by atoms with Gasteiger partial charge < -0.3 is 19.2 Å². The van der Waals surface area contributed by atoms with Gasteiger partial charge in [0.15, 0.2) is 12.4 Å². The predicted molar refractivity (Wildman–Crippen MR) is 120 cm³/mol. The van der Waals surface area contributed by atoms with E-state index in [-0.39, 0.29) is 23.5 Å². The van der Waals surface area contributed by atoms with Gasteiger partial charge in [-0.05, 0) is 54.6 Å². The van der Waals surface area contributed by atoms with Crippen LogP contribution in [0.15, 0.2) is 82.0 Å². The van der Waals surface area contributed by atoms with Gasteiger partial charge in [0, 0.05) is 16.3 Å². The lowest BCUT2D eigenvalue weighted by molar-refractivity contribution is -0.118. The number of nitrogens with one attached hydrogen (secondary N) is 1. The van der Waals surface area contributed by atoms with Crippen LogP contribution >= 0.6 is 11.6 Å². The maximum Gasteiger partial charge on any atom is 0.262 e. The Labute approximate surface area is 183 Å². The molecule has 0 aliphatic heterocycles. The van der Waals surface area contributed by atoms with Gasteiger partial charge in [0.25, 0.3) is 5.91 Å². The van der Waals surface area contributed by atoms with Crippen LogP contribution in [0.4, 0.5) is 5.69 Å². The van der Waals surface area contributed by atoms with Gasteiger partial charge in [-0.3, -0.25) is 9.59 Å². The summed E-state index contributed by atoms with van der Waals surface area (Å²) in [5.74, 6) is 0.402. The van der Waals surface area contributed by atoms with Crippen molar-refractivity contribution < 1.29 is 18.7 Å². The first-order valence-electron chi connectivity index (χ1n) is 9.43. The third kappa shape index (κ3) is 4.54. The minimum atomic E-state index is -0.415. The second kappa shape index (κ2) is 8.93. The molecule has 156 valence electrons. The van der Waals surface area contributed by atoms with Crippen molar-refractivity contribution in [2.75, 3.05) is 19.0 Å². The van der Waals surface area contributed by atoms with Gasteiger partial charge in [0.1, 0.15) is 11.3 Å². The van der Waals surface area contributed by atoms with Crippen molar-refractivity contribution in [1.29, 1.82) is 0 Å². The first-order valence-corrected chi connectivity index (χ1v) is 9.81. The fourth-order valence-corrected chi connectivity index (χ4v) is 3.24. The largest absolute Gasteiger partial charge is 0.497 e. The lowest BCUT2D eigenvalue weighted by Crippen LogP contribution is -2.22. The van der Waals surface area contributed by atoms with Gasteiger partial charge in [0.05, 0.1) is 12.5 Å². The lowest BCUT2D eigenvalue weighted by atomic mass is 10.1. The molecule has 0 spiro atoms. The minimum Gasteiger partial charge on any atom is -0.497 e. The molecule has 31 heavy (non-hydrogen) atoms. The Balaban J connectivity index is 1.71. The van der Waals surface area contributed by atoms with Crippen molar-refractivity contribution in [3.05, 3.63) is 88.0 Å². The number of ether oxygens (including phenoxy) is 2. The van der Waals surface area contributed by atoms with E-state index >= 15 is 0 Å². The van der Waals surface area contributed by atoms with E-state index in [0.717, 1.165) is 0 Å². The highest BCUT2D eigenvalue weighted by molar-refractivity contribution is 6.31. The van der Waals surface area contributed by atoms with E-state index in [0.29, 0.717) is 27.6 Å². The molecule has 1 amide bonds. The molecule has 0 radical (unpaired) electrons. The molecule has 6 nitrogen and oxygen atoms in total. The van der Waals surface area contributed by atoms with Crippen molar-refractivity contribution in [2.24, 2.45) is 0 Å². The number of para-hydroxylation sites is 1. The van der Waals surface area contributed by atoms with Gasteiger partial charge in [-0.2, -0.15) is 0 Å². The monoisotopic (exact) mass is 435 g/mol. The van der Waals surface area contributed by atoms with Crippen molar-refractivity contribution in [1.82, 2.24) is 0 Å². The summed E-state index contributed by atoms with van der Waals surface area (Å²) in [6.45, 7) is -0.366.